The standard InChI is InChI=1S/C27H47NO9S2.2Na/c1-16(2)7-6-8-17(3)19-9-10-20-18-13-23(28-29)22-14-24(36-38(30,31)32)25(37-39(33,34)35)15-27(22,5)21(18)11-12-26(19,20)4;;/h16-22,24-25,29H,6-15H2,1-5H3,(H,30,31,32)(H,33,34,35);;/q;2*+1/p-2/b28-23-;;/t17-,18+,19-,20+,21+,22-,24+,25+,26-,27-;;/m1../s1. The van der Waals surface area contributed by atoms with Gasteiger partial charge in [0.25, 0.3) is 0 Å². The van der Waals surface area contributed by atoms with E-state index in [4.69, 9.17) is 8.37 Å². The SMILES string of the molecule is CC(C)CCC[C@@H](C)[C@H]1CC[C@H]2[C@@H]3C/C(=N/[O-])[C@H]4C[C@H](OS(=O)(=O)[O-])[C@@H](OS(=O)(=O)O)C[C@]4(C)[C@H]3CC[C@]12C.[Na+].[Na+]. The maximum Gasteiger partial charge on any atom is 1.00 e. The molecule has 0 aliphatic heterocycles. The second-order valence-corrected chi connectivity index (χ2v) is 15.9. The summed E-state index contributed by atoms with van der Waals surface area (Å²) in [6.45, 7) is 11.3. The predicted octanol–water partition coefficient (Wildman–Crippen LogP) is -0.692. The van der Waals surface area contributed by atoms with Gasteiger partial charge in [-0.15, -0.1) is 0 Å². The molecule has 226 valence electrons. The van der Waals surface area contributed by atoms with Crippen molar-refractivity contribution in [2.24, 2.45) is 57.4 Å². The van der Waals surface area contributed by atoms with E-state index in [1.807, 2.05) is 6.92 Å². The van der Waals surface area contributed by atoms with E-state index < -0.39 is 44.3 Å². The Kier molecular flexibility index (Phi) is 13.4. The third kappa shape index (κ3) is 8.33. The Labute approximate surface area is 291 Å². The van der Waals surface area contributed by atoms with Crippen LogP contribution < -0.4 is 59.1 Å². The van der Waals surface area contributed by atoms with Crippen LogP contribution in [0.1, 0.15) is 98.8 Å². The Bertz CT molecular complexity index is 1150. The summed E-state index contributed by atoms with van der Waals surface area (Å²) in [6.07, 6.45) is 5.46. The minimum absolute atomic E-state index is 0. The van der Waals surface area contributed by atoms with Crippen molar-refractivity contribution in [1.82, 2.24) is 0 Å². The van der Waals surface area contributed by atoms with Crippen molar-refractivity contribution in [3.05, 3.63) is 5.21 Å². The van der Waals surface area contributed by atoms with E-state index in [1.165, 1.54) is 19.3 Å². The number of fused-ring (bicyclic) bond motifs is 5. The van der Waals surface area contributed by atoms with Crippen LogP contribution in [0.25, 0.3) is 0 Å². The smallest absolute Gasteiger partial charge is 0.792 e. The van der Waals surface area contributed by atoms with Gasteiger partial charge in [0.2, 0.25) is 10.4 Å². The average Bonchev–Trinajstić information content (AvgIpc) is 3.14. The van der Waals surface area contributed by atoms with Crippen molar-refractivity contribution in [3.63, 3.8) is 0 Å². The molecule has 0 amide bonds. The monoisotopic (exact) mass is 637 g/mol. The van der Waals surface area contributed by atoms with E-state index in [9.17, 15) is 31.1 Å². The first-order valence-corrected chi connectivity index (χ1v) is 17.2. The molecule has 4 fully saturated rings. The van der Waals surface area contributed by atoms with Gasteiger partial charge in [-0.2, -0.15) is 8.42 Å². The second-order valence-electron chi connectivity index (χ2n) is 13.8. The molecule has 0 bridgehead atoms. The Morgan fingerprint density at radius 3 is 2.17 bits per heavy atom. The quantitative estimate of drug-likeness (QED) is 0.149. The largest absolute Gasteiger partial charge is 1.00 e. The molecule has 0 radical (unpaired) electrons. The van der Waals surface area contributed by atoms with Crippen LogP contribution in [-0.4, -0.2) is 43.9 Å². The van der Waals surface area contributed by atoms with Crippen molar-refractivity contribution >= 4 is 26.5 Å². The summed E-state index contributed by atoms with van der Waals surface area (Å²) >= 11 is 0. The maximum atomic E-state index is 12.2. The predicted molar refractivity (Wildman–Crippen MR) is 146 cm³/mol. The molecule has 0 spiro atoms. The number of hydrogen-bond acceptors (Lipinski definition) is 9. The summed E-state index contributed by atoms with van der Waals surface area (Å²) in [5, 5.41) is 15.6. The Hall–Kier alpha value is 1.21. The molecule has 0 aromatic rings. The zero-order valence-electron chi connectivity index (χ0n) is 25.7. The normalized spacial score (nSPS) is 40.6. The van der Waals surface area contributed by atoms with Crippen LogP contribution in [0.15, 0.2) is 5.16 Å². The van der Waals surface area contributed by atoms with Gasteiger partial charge in [0.1, 0.15) is 12.2 Å². The maximum absolute atomic E-state index is 12.2. The van der Waals surface area contributed by atoms with Crippen molar-refractivity contribution in [2.45, 2.75) is 111 Å². The molecule has 4 saturated carbocycles. The summed E-state index contributed by atoms with van der Waals surface area (Å²) in [5.74, 6) is 2.18. The van der Waals surface area contributed by atoms with E-state index >= 15 is 0 Å². The van der Waals surface area contributed by atoms with E-state index in [0.717, 1.165) is 25.7 Å². The van der Waals surface area contributed by atoms with E-state index in [1.54, 1.807) is 0 Å². The summed E-state index contributed by atoms with van der Waals surface area (Å²) in [4.78, 5) is 0. The third-order valence-corrected chi connectivity index (χ3v) is 12.2. The Morgan fingerprint density at radius 2 is 1.61 bits per heavy atom. The zero-order valence-corrected chi connectivity index (χ0v) is 31.4. The van der Waals surface area contributed by atoms with Crippen molar-refractivity contribution < 1.29 is 93.4 Å². The van der Waals surface area contributed by atoms with Crippen LogP contribution in [0, 0.1) is 57.5 Å². The molecule has 0 heterocycles. The fourth-order valence-corrected chi connectivity index (χ4v) is 10.7. The Morgan fingerprint density at radius 1 is 0.976 bits per heavy atom. The van der Waals surface area contributed by atoms with Gasteiger partial charge in [-0.3, -0.25) is 8.74 Å². The molecule has 41 heavy (non-hydrogen) atoms. The topological polar surface area (TPSA) is 165 Å². The average molecular weight is 638 g/mol. The van der Waals surface area contributed by atoms with Crippen molar-refractivity contribution in [1.29, 1.82) is 0 Å². The summed E-state index contributed by atoms with van der Waals surface area (Å²) in [6, 6.07) is 0. The summed E-state index contributed by atoms with van der Waals surface area (Å²) in [7, 11) is -10.1. The van der Waals surface area contributed by atoms with Gasteiger partial charge in [0, 0.05) is 11.6 Å². The fourth-order valence-electron chi connectivity index (χ4n) is 9.69. The molecular formula is C27H45NNa2O9S2. The number of nitrogens with zero attached hydrogens (tertiary/aromatic N) is 1. The fraction of sp³-hybridized carbons (Fsp3) is 0.963. The molecule has 10 nitrogen and oxygen atoms in total. The van der Waals surface area contributed by atoms with Gasteiger partial charge in [-0.05, 0) is 91.3 Å². The van der Waals surface area contributed by atoms with Crippen LogP contribution in [0.3, 0.4) is 0 Å². The van der Waals surface area contributed by atoms with Gasteiger partial charge in [-0.1, -0.05) is 53.9 Å². The molecule has 1 N–H and O–H groups in total. The van der Waals surface area contributed by atoms with E-state index in [2.05, 4.69) is 32.9 Å². The first kappa shape index (κ1) is 38.4. The van der Waals surface area contributed by atoms with Crippen LogP contribution in [0.4, 0.5) is 0 Å². The molecule has 0 aromatic heterocycles. The summed E-state index contributed by atoms with van der Waals surface area (Å²) in [5.41, 5.74) is -0.0497. The van der Waals surface area contributed by atoms with Crippen LogP contribution >= 0.6 is 0 Å². The molecule has 0 aromatic carbocycles. The second kappa shape index (κ2) is 14.3. The van der Waals surface area contributed by atoms with Gasteiger partial charge < -0.3 is 14.9 Å². The van der Waals surface area contributed by atoms with E-state index in [0.29, 0.717) is 35.8 Å². The molecule has 14 heteroatoms. The number of rotatable bonds is 9. The number of hydrogen-bond donors (Lipinski definition) is 1. The van der Waals surface area contributed by atoms with Gasteiger partial charge >= 0.3 is 69.5 Å². The van der Waals surface area contributed by atoms with Crippen LogP contribution in [0.5, 0.6) is 0 Å². The molecule has 4 aliphatic carbocycles. The summed E-state index contributed by atoms with van der Waals surface area (Å²) < 4.78 is 76.6. The van der Waals surface area contributed by atoms with Gasteiger partial charge in [-0.25, -0.2) is 12.6 Å². The molecule has 10 atom stereocenters. The minimum atomic E-state index is -5.19. The zero-order chi connectivity index (χ0) is 29.0. The molecule has 4 aliphatic rings. The molecule has 4 rings (SSSR count). The Balaban J connectivity index is 0.00000294. The van der Waals surface area contributed by atoms with Crippen LogP contribution in [0.2, 0.25) is 0 Å². The van der Waals surface area contributed by atoms with Gasteiger partial charge in [0.05, 0.1) is 0 Å². The third-order valence-electron chi connectivity index (χ3n) is 11.3. The molecule has 0 unspecified atom stereocenters. The van der Waals surface area contributed by atoms with Crippen LogP contribution in [-0.2, 0) is 29.2 Å². The first-order chi connectivity index (χ1) is 18.0. The minimum Gasteiger partial charge on any atom is -0.792 e. The molecule has 0 saturated heterocycles. The van der Waals surface area contributed by atoms with Crippen molar-refractivity contribution in [3.8, 4) is 0 Å². The van der Waals surface area contributed by atoms with E-state index in [-0.39, 0.29) is 89.2 Å². The van der Waals surface area contributed by atoms with Crippen molar-refractivity contribution in [2.75, 3.05) is 0 Å². The molecular weight excluding hydrogens is 592 g/mol. The first-order valence-electron chi connectivity index (χ1n) is 14.5. The van der Waals surface area contributed by atoms with Gasteiger partial charge in [0.15, 0.2) is 0 Å².